The smallest absolute Gasteiger partial charge is 0.416 e. The van der Waals surface area contributed by atoms with Crippen molar-refractivity contribution in [2.45, 2.75) is 125 Å². The quantitative estimate of drug-likeness (QED) is 0.240. The van der Waals surface area contributed by atoms with Crippen LogP contribution < -0.4 is 15.4 Å². The SMILES string of the molecule is CC(C)(C)OC(=O)N[C@H]1CCCCC/C=C\[C@@H]2C[C@@]2(C(=O)NS(=O)(=O)c2ccc(C(F)(F)F)cc2)NC(=O)[C@@H]2C[C@@H](OC(=O)N3Cc4cccc(F)c4C3)CN2C1O. The number of nitrogens with one attached hydrogen (secondary N) is 3. The number of aliphatic hydroxyl groups is 1. The molecule has 1 saturated carbocycles. The Morgan fingerprint density at radius 2 is 1.74 bits per heavy atom. The fourth-order valence-corrected chi connectivity index (χ4v) is 8.65. The second-order valence-corrected chi connectivity index (χ2v) is 17.8. The lowest BCUT2D eigenvalue weighted by Gasteiger charge is -2.35. The first-order chi connectivity index (χ1) is 27.2. The number of allylic oxidation sites excluding steroid dienone is 1. The van der Waals surface area contributed by atoms with Gasteiger partial charge in [0, 0.05) is 31.0 Å². The molecular weight excluding hydrogens is 791 g/mol. The molecule has 0 radical (unpaired) electrons. The normalized spacial score (nSPS) is 27.4. The van der Waals surface area contributed by atoms with E-state index in [-0.39, 0.29) is 38.9 Å². The minimum Gasteiger partial charge on any atom is -0.445 e. The fourth-order valence-electron chi connectivity index (χ4n) is 7.61. The minimum absolute atomic E-state index is 0.0216. The highest BCUT2D eigenvalue weighted by atomic mass is 32.2. The largest absolute Gasteiger partial charge is 0.445 e. The summed E-state index contributed by atoms with van der Waals surface area (Å²) in [5.74, 6) is -3.09. The average Bonchev–Trinajstić information content (AvgIpc) is 3.42. The van der Waals surface area contributed by atoms with E-state index < -0.39 is 98.0 Å². The Bertz CT molecular complexity index is 2040. The highest BCUT2D eigenvalue weighted by Crippen LogP contribution is 2.46. The van der Waals surface area contributed by atoms with Crippen molar-refractivity contribution in [1.29, 1.82) is 0 Å². The van der Waals surface area contributed by atoms with Gasteiger partial charge in [0.05, 0.1) is 29.1 Å². The van der Waals surface area contributed by atoms with Crippen LogP contribution in [-0.2, 0) is 48.4 Å². The van der Waals surface area contributed by atoms with Crippen LogP contribution in [0.25, 0.3) is 0 Å². The molecule has 4 N–H and O–H groups in total. The average molecular weight is 838 g/mol. The molecule has 1 unspecified atom stereocenters. The van der Waals surface area contributed by atoms with Gasteiger partial charge in [0.15, 0.2) is 0 Å². The maximum absolute atomic E-state index is 14.5. The first kappa shape index (κ1) is 42.8. The van der Waals surface area contributed by atoms with E-state index in [1.807, 2.05) is 4.72 Å². The second kappa shape index (κ2) is 16.5. The highest BCUT2D eigenvalue weighted by molar-refractivity contribution is 7.90. The summed E-state index contributed by atoms with van der Waals surface area (Å²) in [7, 11) is -4.71. The molecule has 0 bridgehead atoms. The van der Waals surface area contributed by atoms with Gasteiger partial charge in [-0.15, -0.1) is 0 Å². The number of carbonyl (C=O) groups is 4. The number of amides is 4. The zero-order valence-corrected chi connectivity index (χ0v) is 33.0. The number of halogens is 4. The third kappa shape index (κ3) is 9.74. The zero-order chi connectivity index (χ0) is 42.2. The van der Waals surface area contributed by atoms with E-state index in [0.29, 0.717) is 61.1 Å². The summed E-state index contributed by atoms with van der Waals surface area (Å²) in [5.41, 5.74) is -2.81. The molecule has 6 rings (SSSR count). The zero-order valence-electron chi connectivity index (χ0n) is 32.2. The maximum atomic E-state index is 14.5. The second-order valence-electron chi connectivity index (χ2n) is 16.1. The molecule has 19 heteroatoms. The van der Waals surface area contributed by atoms with Gasteiger partial charge in [0.1, 0.15) is 29.3 Å². The molecule has 4 amide bonds. The number of hydrogen-bond donors (Lipinski definition) is 4. The van der Waals surface area contributed by atoms with E-state index in [9.17, 15) is 50.3 Å². The number of hydrogen-bond acceptors (Lipinski definition) is 10. The Labute approximate surface area is 333 Å². The molecule has 0 aromatic heterocycles. The molecule has 3 aliphatic heterocycles. The number of alkyl halides is 3. The predicted octanol–water partition coefficient (Wildman–Crippen LogP) is 4.85. The summed E-state index contributed by atoms with van der Waals surface area (Å²) in [5, 5.41) is 17.3. The van der Waals surface area contributed by atoms with Gasteiger partial charge in [-0.1, -0.05) is 37.1 Å². The van der Waals surface area contributed by atoms with Crippen molar-refractivity contribution in [2.75, 3.05) is 6.54 Å². The van der Waals surface area contributed by atoms with Crippen LogP contribution in [0.2, 0.25) is 0 Å². The molecule has 1 aliphatic carbocycles. The summed E-state index contributed by atoms with van der Waals surface area (Å²) >= 11 is 0. The first-order valence-corrected chi connectivity index (χ1v) is 20.5. The van der Waals surface area contributed by atoms with Crippen molar-refractivity contribution in [3.8, 4) is 0 Å². The Morgan fingerprint density at radius 3 is 2.41 bits per heavy atom. The first-order valence-electron chi connectivity index (χ1n) is 19.1. The number of aliphatic hydroxyl groups excluding tert-OH is 1. The molecule has 6 atom stereocenters. The number of rotatable bonds is 5. The topological polar surface area (TPSA) is 184 Å². The summed E-state index contributed by atoms with van der Waals surface area (Å²) in [6.07, 6.45) is -2.85. The van der Waals surface area contributed by atoms with E-state index in [4.69, 9.17) is 9.47 Å². The van der Waals surface area contributed by atoms with Crippen molar-refractivity contribution in [2.24, 2.45) is 5.92 Å². The summed E-state index contributed by atoms with van der Waals surface area (Å²) in [6.45, 7) is 4.85. The molecule has 58 heavy (non-hydrogen) atoms. The number of fused-ring (bicyclic) bond motifs is 3. The van der Waals surface area contributed by atoms with Crippen LogP contribution in [0.5, 0.6) is 0 Å². The van der Waals surface area contributed by atoms with E-state index >= 15 is 0 Å². The van der Waals surface area contributed by atoms with Crippen LogP contribution in [0.3, 0.4) is 0 Å². The van der Waals surface area contributed by atoms with Crippen molar-refractivity contribution >= 4 is 34.0 Å². The monoisotopic (exact) mass is 837 g/mol. The molecule has 316 valence electrons. The van der Waals surface area contributed by atoms with Crippen LogP contribution in [0, 0.1) is 11.7 Å². The van der Waals surface area contributed by atoms with Gasteiger partial charge in [-0.2, -0.15) is 13.2 Å². The van der Waals surface area contributed by atoms with Gasteiger partial charge in [-0.25, -0.2) is 27.1 Å². The molecule has 2 aromatic rings. The van der Waals surface area contributed by atoms with Crippen LogP contribution in [-0.4, -0.2) is 89.4 Å². The van der Waals surface area contributed by atoms with Gasteiger partial charge < -0.3 is 25.2 Å². The molecule has 0 spiro atoms. The van der Waals surface area contributed by atoms with Crippen molar-refractivity contribution in [3.05, 3.63) is 77.1 Å². The van der Waals surface area contributed by atoms with E-state index in [1.165, 1.54) is 21.9 Å². The van der Waals surface area contributed by atoms with Crippen molar-refractivity contribution < 1.29 is 59.7 Å². The molecule has 2 aromatic carbocycles. The highest BCUT2D eigenvalue weighted by Gasteiger charge is 2.62. The third-order valence-corrected chi connectivity index (χ3v) is 12.0. The number of carbonyl (C=O) groups excluding carboxylic acids is 4. The third-order valence-electron chi connectivity index (χ3n) is 10.7. The van der Waals surface area contributed by atoms with E-state index in [1.54, 1.807) is 39.0 Å². The van der Waals surface area contributed by atoms with Crippen LogP contribution in [0.4, 0.5) is 27.2 Å². The lowest BCUT2D eigenvalue weighted by molar-refractivity contribution is -0.137. The summed E-state index contributed by atoms with van der Waals surface area (Å²) < 4.78 is 93.6. The van der Waals surface area contributed by atoms with Gasteiger partial charge in [0.2, 0.25) is 5.91 Å². The Kier molecular flexibility index (Phi) is 12.2. The number of nitrogens with zero attached hydrogens (tertiary/aromatic N) is 2. The van der Waals surface area contributed by atoms with Crippen LogP contribution >= 0.6 is 0 Å². The maximum Gasteiger partial charge on any atom is 0.416 e. The summed E-state index contributed by atoms with van der Waals surface area (Å²) in [6, 6.07) is 4.83. The molecule has 14 nitrogen and oxygen atoms in total. The van der Waals surface area contributed by atoms with Gasteiger partial charge in [-0.3, -0.25) is 19.4 Å². The van der Waals surface area contributed by atoms with Crippen LogP contribution in [0.1, 0.15) is 82.4 Å². The number of ether oxygens (including phenoxy) is 2. The van der Waals surface area contributed by atoms with Gasteiger partial charge in [0.25, 0.3) is 15.9 Å². The van der Waals surface area contributed by atoms with Crippen LogP contribution in [0.15, 0.2) is 59.5 Å². The number of sulfonamides is 1. The van der Waals surface area contributed by atoms with E-state index in [2.05, 4.69) is 10.6 Å². The summed E-state index contributed by atoms with van der Waals surface area (Å²) in [4.78, 5) is 56.7. The molecule has 2 fully saturated rings. The number of alkyl carbamates (subject to hydrolysis) is 1. The Morgan fingerprint density at radius 1 is 1.02 bits per heavy atom. The number of benzene rings is 2. The lowest BCUT2D eigenvalue weighted by Crippen LogP contribution is -2.59. The van der Waals surface area contributed by atoms with Crippen molar-refractivity contribution in [3.63, 3.8) is 0 Å². The minimum atomic E-state index is -4.72. The molecule has 3 heterocycles. The Hall–Kier alpha value is -4.75. The standard InChI is InChI=1S/C39H47F4N5O9S/c1-37(2,3)57-35(52)44-30-13-8-6-4-5-7-11-25-19-38(25,34(51)46-58(54,55)27-16-14-24(15-17-27)39(41,42)43)45-32(49)31-18-26(21-48(31)33(30)50)56-36(53)47-20-23-10-9-12-29(40)28(23)22-47/h7,9-12,14-17,25-26,30-31,33,50H,4-6,8,13,18-22H2,1-3H3,(H,44,52)(H,45,49)(H,46,51)/b11-7-/t25-,26-,30+,31+,33?,38-/m1/s1. The molecular formula is C39H47F4N5O9S. The fraction of sp³-hybridized carbons (Fsp3) is 0.538. The molecule has 1 saturated heterocycles. The lowest BCUT2D eigenvalue weighted by atomic mass is 10.0. The molecule has 4 aliphatic rings. The van der Waals surface area contributed by atoms with Gasteiger partial charge in [-0.05, 0) is 82.3 Å². The van der Waals surface area contributed by atoms with Gasteiger partial charge >= 0.3 is 18.4 Å². The van der Waals surface area contributed by atoms with E-state index in [0.717, 1.165) is 0 Å². The Balaban J connectivity index is 1.26. The predicted molar refractivity (Wildman–Crippen MR) is 198 cm³/mol. The van der Waals surface area contributed by atoms with Crippen molar-refractivity contribution in [1.82, 2.24) is 25.2 Å².